The lowest BCUT2D eigenvalue weighted by molar-refractivity contribution is -0.403. The number of pyridine rings is 2. The SMILES string of the molecule is CC(=O)C(C)(C)C.CC(=O)O.CC(C)(C)c1ccc(N)c(N)n1.CC(C)(C)c1ccc([N+](=O)[O-])c(N)n1.CCO.CN(C)/C=C/C(=O)C(C)(C)C.COC(C)N(C)C.CS/C(C)=C/[N+](=O)[O-].NC(N)=C[N+](=O)[O-]. The molecule has 2 aromatic rings. The Morgan fingerprint density at radius 2 is 1.11 bits per heavy atom. The van der Waals surface area contributed by atoms with Crippen LogP contribution in [0.15, 0.2) is 59.7 Å². The molecule has 0 saturated heterocycles. The summed E-state index contributed by atoms with van der Waals surface area (Å²) in [6.07, 6.45) is 6.94. The highest BCUT2D eigenvalue weighted by Gasteiger charge is 2.20. The van der Waals surface area contributed by atoms with Gasteiger partial charge in [-0.3, -0.25) is 49.6 Å². The number of allylic oxidation sites excluding steroid dienone is 2. The van der Waals surface area contributed by atoms with Crippen LogP contribution in [0.25, 0.3) is 0 Å². The zero-order valence-corrected chi connectivity index (χ0v) is 48.6. The molecular formula is C48H92N12O12S. The van der Waals surface area contributed by atoms with Gasteiger partial charge in [0.15, 0.2) is 11.6 Å². The van der Waals surface area contributed by atoms with Crippen LogP contribution in [-0.4, -0.2) is 117 Å². The lowest BCUT2D eigenvalue weighted by Gasteiger charge is -2.18. The van der Waals surface area contributed by atoms with E-state index in [1.165, 1.54) is 17.8 Å². The van der Waals surface area contributed by atoms with Gasteiger partial charge in [-0.15, -0.1) is 11.8 Å². The van der Waals surface area contributed by atoms with Gasteiger partial charge in [-0.05, 0) is 72.3 Å². The number of nitrogens with two attached hydrogens (primary N) is 5. The highest BCUT2D eigenvalue weighted by molar-refractivity contribution is 8.02. The molecule has 1 atom stereocenters. The molecule has 2 heterocycles. The van der Waals surface area contributed by atoms with Crippen molar-refractivity contribution < 1.29 is 44.1 Å². The first-order chi connectivity index (χ1) is 32.6. The maximum Gasteiger partial charge on any atom is 0.311 e. The van der Waals surface area contributed by atoms with Gasteiger partial charge in [-0.25, -0.2) is 9.97 Å². The quantitative estimate of drug-likeness (QED) is 0.0573. The number of thioether (sulfide) groups is 1. The molecule has 0 aliphatic rings. The van der Waals surface area contributed by atoms with E-state index in [4.69, 9.17) is 48.4 Å². The first-order valence-electron chi connectivity index (χ1n) is 22.2. The van der Waals surface area contributed by atoms with Crippen molar-refractivity contribution in [2.45, 2.75) is 135 Å². The Morgan fingerprint density at radius 1 is 0.753 bits per heavy atom. The molecule has 422 valence electrons. The number of Topliss-reactive ketones (excluding diaryl/α,β-unsaturated/α-hetero) is 1. The molecule has 2 aromatic heterocycles. The second-order valence-corrected chi connectivity index (χ2v) is 20.6. The molecule has 1 unspecified atom stereocenters. The number of hydrogen-bond donors (Lipinski definition) is 7. The van der Waals surface area contributed by atoms with Gasteiger partial charge < -0.3 is 48.5 Å². The van der Waals surface area contributed by atoms with E-state index in [1.54, 1.807) is 58.5 Å². The maximum absolute atomic E-state index is 11.3. The first-order valence-corrected chi connectivity index (χ1v) is 23.4. The number of aliphatic carboxylic acids is 1. The number of carboxylic acid groups (broad SMARTS) is 1. The van der Waals surface area contributed by atoms with E-state index in [-0.39, 0.29) is 63.4 Å². The lowest BCUT2D eigenvalue weighted by atomic mass is 9.91. The van der Waals surface area contributed by atoms with E-state index in [2.05, 4.69) is 30.7 Å². The van der Waals surface area contributed by atoms with Gasteiger partial charge in [-0.2, -0.15) is 0 Å². The predicted octanol–water partition coefficient (Wildman–Crippen LogP) is 7.81. The smallest absolute Gasteiger partial charge is 0.311 e. The van der Waals surface area contributed by atoms with Crippen LogP contribution in [0.3, 0.4) is 0 Å². The van der Waals surface area contributed by atoms with Crippen LogP contribution in [0.1, 0.15) is 129 Å². The minimum absolute atomic E-state index is 0.0255. The summed E-state index contributed by atoms with van der Waals surface area (Å²) in [6.45, 7) is 32.0. The number of methoxy groups -OCH3 is 1. The zero-order chi connectivity index (χ0) is 60.0. The summed E-state index contributed by atoms with van der Waals surface area (Å²) < 4.78 is 4.94. The number of hydrogen-bond acceptors (Lipinski definition) is 21. The number of rotatable bonds is 8. The summed E-state index contributed by atoms with van der Waals surface area (Å²) in [6, 6.07) is 6.73. The fourth-order valence-corrected chi connectivity index (χ4v) is 3.13. The Hall–Kier alpha value is -6.44. The molecule has 0 fully saturated rings. The van der Waals surface area contributed by atoms with Crippen LogP contribution >= 0.6 is 11.8 Å². The number of aliphatic hydroxyl groups excluding tert-OH is 1. The van der Waals surface area contributed by atoms with Gasteiger partial charge in [0.1, 0.15) is 17.8 Å². The molecule has 2 rings (SSSR count). The Kier molecular flexibility index (Phi) is 45.4. The average molecular weight is 1060 g/mol. The number of aliphatic hydroxyl groups is 1. The Labute approximate surface area is 438 Å². The Balaban J connectivity index is -0.000000138. The number of nitrogen functional groups attached to an aromatic ring is 3. The molecule has 0 saturated carbocycles. The van der Waals surface area contributed by atoms with E-state index in [0.29, 0.717) is 17.7 Å². The van der Waals surface area contributed by atoms with Gasteiger partial charge in [0.2, 0.25) is 12.0 Å². The third-order valence-electron chi connectivity index (χ3n) is 7.84. The zero-order valence-electron chi connectivity index (χ0n) is 47.8. The van der Waals surface area contributed by atoms with E-state index in [1.807, 2.05) is 113 Å². The lowest BCUT2D eigenvalue weighted by Crippen LogP contribution is -2.25. The average Bonchev–Trinajstić information content (AvgIpc) is 3.19. The van der Waals surface area contributed by atoms with Crippen LogP contribution in [-0.2, 0) is 30.0 Å². The largest absolute Gasteiger partial charge is 0.481 e. The minimum atomic E-state index is -0.833. The number of carbonyl (C=O) groups excluding carboxylic acids is 2. The van der Waals surface area contributed by atoms with Crippen LogP contribution in [0.2, 0.25) is 0 Å². The molecule has 0 amide bonds. The number of ketones is 2. The van der Waals surface area contributed by atoms with Gasteiger partial charge in [0.05, 0.1) is 25.4 Å². The van der Waals surface area contributed by atoms with Gasteiger partial charge in [-0.1, -0.05) is 83.1 Å². The molecule has 25 heteroatoms. The highest BCUT2D eigenvalue weighted by atomic mass is 32.2. The summed E-state index contributed by atoms with van der Waals surface area (Å²) in [7, 11) is 9.45. The summed E-state index contributed by atoms with van der Waals surface area (Å²) in [5.41, 5.74) is 27.6. The summed E-state index contributed by atoms with van der Waals surface area (Å²) >= 11 is 1.37. The summed E-state index contributed by atoms with van der Waals surface area (Å²) in [4.78, 5) is 71.3. The Morgan fingerprint density at radius 3 is 1.29 bits per heavy atom. The first kappa shape index (κ1) is 80.6. The molecule has 0 aliphatic carbocycles. The molecule has 12 N–H and O–H groups in total. The molecule has 0 aliphatic heterocycles. The van der Waals surface area contributed by atoms with Crippen molar-refractivity contribution in [3.63, 3.8) is 0 Å². The third-order valence-corrected chi connectivity index (χ3v) is 8.59. The van der Waals surface area contributed by atoms with Gasteiger partial charge >= 0.3 is 5.69 Å². The number of anilines is 3. The van der Waals surface area contributed by atoms with Crippen molar-refractivity contribution in [3.8, 4) is 0 Å². The van der Waals surface area contributed by atoms with E-state index in [0.717, 1.165) is 29.4 Å². The minimum Gasteiger partial charge on any atom is -0.481 e. The molecule has 0 aromatic carbocycles. The van der Waals surface area contributed by atoms with Crippen molar-refractivity contribution in [2.24, 2.45) is 22.3 Å². The number of carbonyl (C=O) groups is 3. The molecule has 73 heavy (non-hydrogen) atoms. The maximum atomic E-state index is 11.3. The molecule has 0 bridgehead atoms. The van der Waals surface area contributed by atoms with E-state index in [9.17, 15) is 39.9 Å². The Bertz CT molecular complexity index is 2010. The predicted molar refractivity (Wildman–Crippen MR) is 297 cm³/mol. The highest BCUT2D eigenvalue weighted by Crippen LogP contribution is 2.26. The monoisotopic (exact) mass is 1060 g/mol. The topological polar surface area (TPSA) is 393 Å². The standard InChI is InChI=1S/C9H13N3O2.C9H15N3.C9H17NO.C6H12O.C5H13NO.C4H7NO2S.C2H5N3O2.C2H4O2.C2H6O/c1-9(2,3)7-5-4-6(12(13)14)8(10)11-7;1-9(2,3)7-5-4-6(10)8(11)12-7;1-9(2,3)8(11)6-7-10(4)5;1-5(7)6(2,3)4;1-5(7-4)6(2)3;1-4(8-2)3-5(6)7;3-2(4)1-5(6)7;1-2(3)4;1-2-3/h4-5H,1-3H3,(H2,10,11);4-5H,10H2,1-3H3,(H2,11,12);6-7H,1-5H3;1-4H3;5H,1-4H3;3H,1-2H3;1H,3-4H2;1H3,(H,3,4);3H,2H2,1H3/b;;7-6+;;;4-3+;;;. The molecular weight excluding hydrogens is 969 g/mol. The number of aromatic nitrogens is 2. The van der Waals surface area contributed by atoms with Crippen molar-refractivity contribution in [1.29, 1.82) is 0 Å². The number of carboxylic acids is 1. The van der Waals surface area contributed by atoms with Crippen molar-refractivity contribution in [2.75, 3.05) is 65.4 Å². The van der Waals surface area contributed by atoms with Gasteiger partial charge in [0.25, 0.3) is 12.2 Å². The number of ether oxygens (including phenoxy) is 1. The van der Waals surface area contributed by atoms with E-state index >= 15 is 0 Å². The summed E-state index contributed by atoms with van der Waals surface area (Å²) in [5.74, 6) is -0.325. The second-order valence-electron chi connectivity index (χ2n) is 19.5. The van der Waals surface area contributed by atoms with Crippen LogP contribution in [0.4, 0.5) is 23.0 Å². The molecule has 0 spiro atoms. The normalized spacial score (nSPS) is 11.0. The molecule has 24 nitrogen and oxygen atoms in total. The fourth-order valence-electron chi connectivity index (χ4n) is 2.94. The van der Waals surface area contributed by atoms with Crippen molar-refractivity contribution in [3.05, 3.63) is 101 Å². The third kappa shape index (κ3) is 56.3. The van der Waals surface area contributed by atoms with Crippen molar-refractivity contribution >= 4 is 52.3 Å². The van der Waals surface area contributed by atoms with E-state index < -0.39 is 20.7 Å². The second kappa shape index (κ2) is 41.1. The fraction of sp³-hybridized carbons (Fsp3) is 0.604. The summed E-state index contributed by atoms with van der Waals surface area (Å²) in [5, 5.41) is 44.5. The van der Waals surface area contributed by atoms with Gasteiger partial charge in [0, 0.05) is 80.0 Å². The number of nitro groups is 3. The van der Waals surface area contributed by atoms with Crippen LogP contribution in [0.5, 0.6) is 0 Å². The molecule has 0 radical (unpaired) electrons. The van der Waals surface area contributed by atoms with Crippen LogP contribution in [0, 0.1) is 41.2 Å². The van der Waals surface area contributed by atoms with Crippen LogP contribution < -0.4 is 28.7 Å². The number of nitrogens with zero attached hydrogens (tertiary/aromatic N) is 7. The van der Waals surface area contributed by atoms with Crippen molar-refractivity contribution in [1.82, 2.24) is 19.8 Å².